The maximum atomic E-state index is 5.59. The van der Waals surface area contributed by atoms with Crippen molar-refractivity contribution in [2.45, 2.75) is 20.3 Å². The highest BCUT2D eigenvalue weighted by atomic mass is 14.7. The van der Waals surface area contributed by atoms with Crippen molar-refractivity contribution in [2.24, 2.45) is 5.73 Å². The second-order valence-electron chi connectivity index (χ2n) is 3.97. The minimum Gasteiger partial charge on any atom is -0.330 e. The number of benzene rings is 1. The van der Waals surface area contributed by atoms with E-state index in [1.54, 1.807) is 0 Å². The number of rotatable bonds is 2. The van der Waals surface area contributed by atoms with Crippen molar-refractivity contribution >= 4 is 10.8 Å². The first kappa shape index (κ1) is 10.1. The first-order valence-electron chi connectivity index (χ1n) is 5.27. The number of nitrogens with zero attached hydrogens (tertiary/aromatic N) is 1. The normalized spacial score (nSPS) is 10.9. The second-order valence-corrected chi connectivity index (χ2v) is 3.97. The molecule has 2 heteroatoms. The molecule has 0 saturated carbocycles. The van der Waals surface area contributed by atoms with Crippen LogP contribution in [0.1, 0.15) is 16.8 Å². The maximum absolute atomic E-state index is 5.59. The maximum Gasteiger partial charge on any atom is 0.0494 e. The lowest BCUT2D eigenvalue weighted by Crippen LogP contribution is -2.05. The van der Waals surface area contributed by atoms with Crippen LogP contribution in [-0.4, -0.2) is 11.5 Å². The number of hydrogen-bond donors (Lipinski definition) is 1. The fourth-order valence-corrected chi connectivity index (χ4v) is 2.05. The van der Waals surface area contributed by atoms with E-state index in [4.69, 9.17) is 5.73 Å². The molecule has 15 heavy (non-hydrogen) atoms. The summed E-state index contributed by atoms with van der Waals surface area (Å²) in [6.45, 7) is 4.91. The molecule has 2 N–H and O–H groups in total. The van der Waals surface area contributed by atoms with E-state index in [0.717, 1.165) is 12.1 Å². The van der Waals surface area contributed by atoms with Crippen molar-refractivity contribution in [2.75, 3.05) is 6.54 Å². The average Bonchev–Trinajstić information content (AvgIpc) is 2.19. The van der Waals surface area contributed by atoms with Crippen molar-refractivity contribution in [3.63, 3.8) is 0 Å². The highest BCUT2D eigenvalue weighted by Gasteiger charge is 2.04. The number of hydrogen-bond acceptors (Lipinski definition) is 2. The molecule has 1 aromatic carbocycles. The SMILES string of the molecule is Cc1cc(C)c2ccnc(CCN)c2c1. The topological polar surface area (TPSA) is 38.9 Å². The van der Waals surface area contributed by atoms with Crippen LogP contribution in [-0.2, 0) is 6.42 Å². The molecule has 0 aliphatic carbocycles. The lowest BCUT2D eigenvalue weighted by Gasteiger charge is -2.08. The molecule has 0 fully saturated rings. The Hall–Kier alpha value is -1.41. The lowest BCUT2D eigenvalue weighted by molar-refractivity contribution is 0.935. The van der Waals surface area contributed by atoms with Crippen LogP contribution in [0.3, 0.4) is 0 Å². The van der Waals surface area contributed by atoms with E-state index >= 15 is 0 Å². The van der Waals surface area contributed by atoms with Gasteiger partial charge in [0.15, 0.2) is 0 Å². The summed E-state index contributed by atoms with van der Waals surface area (Å²) in [7, 11) is 0. The van der Waals surface area contributed by atoms with Crippen molar-refractivity contribution in [1.29, 1.82) is 0 Å². The fraction of sp³-hybridized carbons (Fsp3) is 0.308. The van der Waals surface area contributed by atoms with E-state index in [2.05, 4.69) is 37.0 Å². The van der Waals surface area contributed by atoms with E-state index in [1.165, 1.54) is 21.9 Å². The van der Waals surface area contributed by atoms with E-state index in [-0.39, 0.29) is 0 Å². The van der Waals surface area contributed by atoms with Crippen LogP contribution in [0.4, 0.5) is 0 Å². The van der Waals surface area contributed by atoms with Gasteiger partial charge in [0.2, 0.25) is 0 Å². The van der Waals surface area contributed by atoms with E-state index in [9.17, 15) is 0 Å². The monoisotopic (exact) mass is 200 g/mol. The first-order chi connectivity index (χ1) is 7.22. The zero-order valence-corrected chi connectivity index (χ0v) is 9.25. The van der Waals surface area contributed by atoms with Gasteiger partial charge in [-0.05, 0) is 43.5 Å². The minimum absolute atomic E-state index is 0.652. The molecule has 0 atom stereocenters. The van der Waals surface area contributed by atoms with Crippen LogP contribution in [0.5, 0.6) is 0 Å². The third-order valence-electron chi connectivity index (χ3n) is 2.69. The molecule has 1 heterocycles. The third-order valence-corrected chi connectivity index (χ3v) is 2.69. The van der Waals surface area contributed by atoms with Crippen molar-refractivity contribution in [1.82, 2.24) is 4.98 Å². The Morgan fingerprint density at radius 2 is 2.00 bits per heavy atom. The summed E-state index contributed by atoms with van der Waals surface area (Å²) < 4.78 is 0. The van der Waals surface area contributed by atoms with Gasteiger partial charge in [0.25, 0.3) is 0 Å². The molecule has 0 spiro atoms. The average molecular weight is 200 g/mol. The largest absolute Gasteiger partial charge is 0.330 e. The van der Waals surface area contributed by atoms with Gasteiger partial charge in [0, 0.05) is 23.7 Å². The van der Waals surface area contributed by atoms with Gasteiger partial charge >= 0.3 is 0 Å². The van der Waals surface area contributed by atoms with Gasteiger partial charge in [-0.1, -0.05) is 11.6 Å². The van der Waals surface area contributed by atoms with Crippen LogP contribution >= 0.6 is 0 Å². The molecule has 0 aliphatic rings. The highest BCUT2D eigenvalue weighted by Crippen LogP contribution is 2.22. The highest BCUT2D eigenvalue weighted by molar-refractivity contribution is 5.88. The quantitative estimate of drug-likeness (QED) is 0.808. The number of aryl methyl sites for hydroxylation is 2. The third kappa shape index (κ3) is 1.85. The minimum atomic E-state index is 0.652. The predicted octanol–water partition coefficient (Wildman–Crippen LogP) is 2.35. The Labute approximate surface area is 90.1 Å². The molecule has 1 aromatic heterocycles. The standard InChI is InChI=1S/C13H16N2/c1-9-7-10(2)11-4-6-15-13(3-5-14)12(11)8-9/h4,6-8H,3,5,14H2,1-2H3. The molecule has 2 aromatic rings. The van der Waals surface area contributed by atoms with Gasteiger partial charge in [-0.15, -0.1) is 0 Å². The fourth-order valence-electron chi connectivity index (χ4n) is 2.05. The summed E-state index contributed by atoms with van der Waals surface area (Å²) >= 11 is 0. The molecule has 2 nitrogen and oxygen atoms in total. The molecule has 2 rings (SSSR count). The molecule has 0 amide bonds. The van der Waals surface area contributed by atoms with Crippen molar-refractivity contribution < 1.29 is 0 Å². The summed E-state index contributed by atoms with van der Waals surface area (Å²) in [6, 6.07) is 6.47. The number of pyridine rings is 1. The first-order valence-corrected chi connectivity index (χ1v) is 5.27. The molecule has 78 valence electrons. The Morgan fingerprint density at radius 3 is 2.73 bits per heavy atom. The molecule has 0 bridgehead atoms. The van der Waals surface area contributed by atoms with Crippen molar-refractivity contribution in [3.05, 3.63) is 41.2 Å². The van der Waals surface area contributed by atoms with E-state index < -0.39 is 0 Å². The zero-order valence-electron chi connectivity index (χ0n) is 9.25. The Kier molecular flexibility index (Phi) is 2.69. The summed E-state index contributed by atoms with van der Waals surface area (Å²) in [5.41, 5.74) is 9.29. The van der Waals surface area contributed by atoms with Crippen LogP contribution in [0, 0.1) is 13.8 Å². The Bertz CT molecular complexity index is 489. The molecular weight excluding hydrogens is 184 g/mol. The van der Waals surface area contributed by atoms with Gasteiger partial charge in [0.05, 0.1) is 0 Å². The predicted molar refractivity (Wildman–Crippen MR) is 64.0 cm³/mol. The zero-order chi connectivity index (χ0) is 10.8. The second kappa shape index (κ2) is 3.99. The molecule has 0 unspecified atom stereocenters. The molecule has 0 radical (unpaired) electrons. The molecular formula is C13H16N2. The molecule has 0 aliphatic heterocycles. The van der Waals surface area contributed by atoms with Crippen LogP contribution in [0.2, 0.25) is 0 Å². The summed E-state index contributed by atoms with van der Waals surface area (Å²) in [6.07, 6.45) is 2.72. The van der Waals surface area contributed by atoms with Gasteiger partial charge < -0.3 is 5.73 Å². The van der Waals surface area contributed by atoms with Gasteiger partial charge in [-0.3, -0.25) is 4.98 Å². The van der Waals surface area contributed by atoms with Crippen molar-refractivity contribution in [3.8, 4) is 0 Å². The number of nitrogens with two attached hydrogens (primary N) is 1. The number of aromatic nitrogens is 1. The van der Waals surface area contributed by atoms with Gasteiger partial charge in [-0.2, -0.15) is 0 Å². The molecule has 0 saturated heterocycles. The van der Waals surface area contributed by atoms with E-state index in [1.807, 2.05) is 6.20 Å². The summed E-state index contributed by atoms with van der Waals surface area (Å²) in [4.78, 5) is 4.40. The van der Waals surface area contributed by atoms with E-state index in [0.29, 0.717) is 6.54 Å². The van der Waals surface area contributed by atoms with Gasteiger partial charge in [-0.25, -0.2) is 0 Å². The Balaban J connectivity index is 2.73. The Morgan fingerprint density at radius 1 is 1.20 bits per heavy atom. The van der Waals surface area contributed by atoms with Crippen LogP contribution < -0.4 is 5.73 Å². The smallest absolute Gasteiger partial charge is 0.0494 e. The number of fused-ring (bicyclic) bond motifs is 1. The summed E-state index contributed by atoms with van der Waals surface area (Å²) in [5, 5.41) is 2.54. The van der Waals surface area contributed by atoms with Crippen LogP contribution in [0.15, 0.2) is 24.4 Å². The lowest BCUT2D eigenvalue weighted by atomic mass is 10.0. The summed E-state index contributed by atoms with van der Waals surface area (Å²) in [5.74, 6) is 0. The van der Waals surface area contributed by atoms with Gasteiger partial charge in [0.1, 0.15) is 0 Å². The van der Waals surface area contributed by atoms with Crippen LogP contribution in [0.25, 0.3) is 10.8 Å².